The predicted octanol–water partition coefficient (Wildman–Crippen LogP) is 7.06. The Morgan fingerprint density at radius 3 is 2.24 bits per heavy atom. The Bertz CT molecular complexity index is 1010. The normalized spacial score (nSPS) is 28.3. The van der Waals surface area contributed by atoms with Crippen molar-refractivity contribution in [3.63, 3.8) is 0 Å². The van der Waals surface area contributed by atoms with Crippen LogP contribution in [0.5, 0.6) is 5.75 Å². The Kier molecular flexibility index (Phi) is 5.95. The maximum atomic E-state index is 6.27. The van der Waals surface area contributed by atoms with Gasteiger partial charge in [-0.05, 0) is 80.8 Å². The number of fused-ring (bicyclic) bond motifs is 1. The molecule has 33 heavy (non-hydrogen) atoms. The Morgan fingerprint density at radius 2 is 1.55 bits per heavy atom. The molecule has 0 amide bonds. The lowest BCUT2D eigenvalue weighted by atomic mass is 9.70. The SMILES string of the molecule is COc1ccc(C2=CC3C=CC(B4OC(C)(C)C(C)(C)O4)=CC3C=C2)cc1C1CCCCC1. The van der Waals surface area contributed by atoms with Crippen molar-refractivity contribution in [2.24, 2.45) is 11.8 Å². The number of rotatable bonds is 4. The van der Waals surface area contributed by atoms with Crippen LogP contribution < -0.4 is 4.74 Å². The smallest absolute Gasteiger partial charge is 0.494 e. The van der Waals surface area contributed by atoms with Crippen molar-refractivity contribution in [2.75, 3.05) is 7.11 Å². The van der Waals surface area contributed by atoms with Gasteiger partial charge in [0.2, 0.25) is 0 Å². The van der Waals surface area contributed by atoms with Crippen molar-refractivity contribution in [1.29, 1.82) is 0 Å². The molecular weight excluding hydrogens is 407 g/mol. The third kappa shape index (κ3) is 4.28. The van der Waals surface area contributed by atoms with E-state index in [1.54, 1.807) is 7.11 Å². The van der Waals surface area contributed by atoms with Gasteiger partial charge in [-0.15, -0.1) is 0 Å². The molecule has 5 rings (SSSR count). The maximum Gasteiger partial charge on any atom is 0.494 e. The van der Waals surface area contributed by atoms with Gasteiger partial charge in [0.15, 0.2) is 0 Å². The van der Waals surface area contributed by atoms with Crippen molar-refractivity contribution in [2.45, 2.75) is 76.9 Å². The number of hydrogen-bond donors (Lipinski definition) is 0. The highest BCUT2D eigenvalue weighted by molar-refractivity contribution is 6.55. The summed E-state index contributed by atoms with van der Waals surface area (Å²) in [5, 5.41) is 0. The fraction of sp³-hybridized carbons (Fsp3) is 0.517. The molecule has 0 radical (unpaired) electrons. The standard InChI is InChI=1S/C29H37BO3/c1-28(2)29(3,4)33-30(32-28)25-15-13-22-17-21(11-12-23(22)18-25)24-14-16-27(31-5)26(19-24)20-9-7-6-8-10-20/h11-20,22-23H,6-10H2,1-5H3. The number of methoxy groups -OCH3 is 1. The molecule has 3 nitrogen and oxygen atoms in total. The lowest BCUT2D eigenvalue weighted by Crippen LogP contribution is -2.41. The summed E-state index contributed by atoms with van der Waals surface area (Å²) >= 11 is 0. The summed E-state index contributed by atoms with van der Waals surface area (Å²) in [4.78, 5) is 0. The number of ether oxygens (including phenoxy) is 1. The van der Waals surface area contributed by atoms with E-state index in [1.807, 2.05) is 0 Å². The van der Waals surface area contributed by atoms with E-state index in [0.717, 1.165) is 11.2 Å². The number of allylic oxidation sites excluding steroid dienone is 8. The average molecular weight is 444 g/mol. The van der Waals surface area contributed by atoms with E-state index >= 15 is 0 Å². The second-order valence-electron chi connectivity index (χ2n) is 11.0. The number of hydrogen-bond acceptors (Lipinski definition) is 3. The van der Waals surface area contributed by atoms with Crippen LogP contribution in [0.25, 0.3) is 5.57 Å². The van der Waals surface area contributed by atoms with Crippen LogP contribution in [0.15, 0.2) is 60.1 Å². The van der Waals surface area contributed by atoms with E-state index in [9.17, 15) is 0 Å². The molecule has 1 saturated heterocycles. The van der Waals surface area contributed by atoms with Crippen molar-refractivity contribution in [3.8, 4) is 5.75 Å². The summed E-state index contributed by atoms with van der Waals surface area (Å²) in [6, 6.07) is 6.75. The van der Waals surface area contributed by atoms with Gasteiger partial charge in [-0.2, -0.15) is 0 Å². The Balaban J connectivity index is 1.35. The van der Waals surface area contributed by atoms with Crippen LogP contribution in [-0.4, -0.2) is 25.4 Å². The van der Waals surface area contributed by atoms with Crippen LogP contribution in [0.3, 0.4) is 0 Å². The molecule has 1 saturated carbocycles. The van der Waals surface area contributed by atoms with Gasteiger partial charge in [-0.1, -0.05) is 61.8 Å². The van der Waals surface area contributed by atoms with Gasteiger partial charge < -0.3 is 14.0 Å². The molecular formula is C29H37BO3. The summed E-state index contributed by atoms with van der Waals surface area (Å²) in [6.07, 6.45) is 20.4. The van der Waals surface area contributed by atoms with Crippen molar-refractivity contribution in [1.82, 2.24) is 0 Å². The van der Waals surface area contributed by atoms with Crippen LogP contribution in [0.4, 0.5) is 0 Å². The highest BCUT2D eigenvalue weighted by atomic mass is 16.7. The zero-order valence-corrected chi connectivity index (χ0v) is 20.8. The minimum atomic E-state index is -0.316. The van der Waals surface area contributed by atoms with E-state index in [1.165, 1.54) is 48.8 Å². The molecule has 1 aliphatic heterocycles. The molecule has 2 fully saturated rings. The zero-order chi connectivity index (χ0) is 23.2. The highest BCUT2D eigenvalue weighted by Gasteiger charge is 2.52. The second kappa shape index (κ2) is 8.63. The Hall–Kier alpha value is -2.04. The van der Waals surface area contributed by atoms with Gasteiger partial charge in [0, 0.05) is 11.8 Å². The van der Waals surface area contributed by atoms with Crippen LogP contribution in [0.1, 0.15) is 76.8 Å². The molecule has 2 unspecified atom stereocenters. The van der Waals surface area contributed by atoms with Crippen molar-refractivity contribution in [3.05, 3.63) is 71.3 Å². The van der Waals surface area contributed by atoms with Crippen molar-refractivity contribution < 1.29 is 14.0 Å². The topological polar surface area (TPSA) is 27.7 Å². The Morgan fingerprint density at radius 1 is 0.879 bits per heavy atom. The van der Waals surface area contributed by atoms with Gasteiger partial charge >= 0.3 is 7.12 Å². The molecule has 0 aromatic heterocycles. The second-order valence-corrected chi connectivity index (χ2v) is 11.0. The fourth-order valence-corrected chi connectivity index (χ4v) is 5.54. The summed E-state index contributed by atoms with van der Waals surface area (Å²) in [6.45, 7) is 8.42. The summed E-state index contributed by atoms with van der Waals surface area (Å²) in [7, 11) is 1.49. The molecule has 4 aliphatic rings. The Labute approximate surface area is 199 Å². The first-order valence-corrected chi connectivity index (χ1v) is 12.6. The fourth-order valence-electron chi connectivity index (χ4n) is 5.54. The molecule has 2 atom stereocenters. The van der Waals surface area contributed by atoms with Gasteiger partial charge in [0.25, 0.3) is 0 Å². The molecule has 1 aromatic carbocycles. The lowest BCUT2D eigenvalue weighted by molar-refractivity contribution is 0.00578. The maximum absolute atomic E-state index is 6.27. The molecule has 1 heterocycles. The summed E-state index contributed by atoms with van der Waals surface area (Å²) in [5.41, 5.74) is 4.47. The third-order valence-corrected chi connectivity index (χ3v) is 8.34. The molecule has 0 N–H and O–H groups in total. The molecule has 174 valence electrons. The lowest BCUT2D eigenvalue weighted by Gasteiger charge is -2.32. The van der Waals surface area contributed by atoms with E-state index < -0.39 is 0 Å². The van der Waals surface area contributed by atoms with Crippen LogP contribution in [-0.2, 0) is 9.31 Å². The zero-order valence-electron chi connectivity index (χ0n) is 20.8. The van der Waals surface area contributed by atoms with Crippen LogP contribution in [0, 0.1) is 11.8 Å². The quantitative estimate of drug-likeness (QED) is 0.466. The molecule has 0 bridgehead atoms. The number of benzene rings is 1. The van der Waals surface area contributed by atoms with Gasteiger partial charge in [0.05, 0.1) is 18.3 Å². The highest BCUT2D eigenvalue weighted by Crippen LogP contribution is 2.42. The largest absolute Gasteiger partial charge is 0.496 e. The summed E-state index contributed by atoms with van der Waals surface area (Å²) in [5.74, 6) is 2.35. The van der Waals surface area contributed by atoms with Gasteiger partial charge in [-0.3, -0.25) is 0 Å². The molecule has 4 heteroatoms. The van der Waals surface area contributed by atoms with E-state index in [2.05, 4.69) is 82.4 Å². The van der Waals surface area contributed by atoms with Crippen LogP contribution >= 0.6 is 0 Å². The minimum absolute atomic E-state index is 0.300. The minimum Gasteiger partial charge on any atom is -0.496 e. The van der Waals surface area contributed by atoms with E-state index in [0.29, 0.717) is 17.8 Å². The van der Waals surface area contributed by atoms with Crippen LogP contribution in [0.2, 0.25) is 0 Å². The average Bonchev–Trinajstić information content (AvgIpc) is 3.05. The predicted molar refractivity (Wildman–Crippen MR) is 136 cm³/mol. The van der Waals surface area contributed by atoms with Gasteiger partial charge in [0.1, 0.15) is 5.75 Å². The van der Waals surface area contributed by atoms with E-state index in [4.69, 9.17) is 14.0 Å². The first kappa shape index (κ1) is 22.7. The van der Waals surface area contributed by atoms with Crippen molar-refractivity contribution >= 4 is 12.7 Å². The van der Waals surface area contributed by atoms with Gasteiger partial charge in [-0.25, -0.2) is 0 Å². The monoisotopic (exact) mass is 444 g/mol. The first-order chi connectivity index (χ1) is 15.8. The summed E-state index contributed by atoms with van der Waals surface area (Å²) < 4.78 is 18.3. The molecule has 3 aliphatic carbocycles. The molecule has 0 spiro atoms. The molecule has 1 aromatic rings. The third-order valence-electron chi connectivity index (χ3n) is 8.34. The van der Waals surface area contributed by atoms with E-state index in [-0.39, 0.29) is 18.3 Å². The first-order valence-electron chi connectivity index (χ1n) is 12.6.